The molecule has 0 heterocycles. The van der Waals surface area contributed by atoms with Gasteiger partial charge in [0.05, 0.1) is 0 Å². The fourth-order valence-corrected chi connectivity index (χ4v) is 0. The van der Waals surface area contributed by atoms with Crippen LogP contribution in [0, 0.1) is 0 Å². The predicted molar refractivity (Wildman–Crippen MR) is 21.4 cm³/mol. The maximum Gasteiger partial charge on any atom is 0.195 e. The van der Waals surface area contributed by atoms with E-state index in [1.165, 1.54) is 13.8 Å². The molecule has 0 aromatic rings. The maximum atomic E-state index is 9.79. The minimum Gasteiger partial charge on any atom is -0.291 e. The summed E-state index contributed by atoms with van der Waals surface area (Å²) in [5.74, 6) is -0.759. The molecule has 0 amide bonds. The van der Waals surface area contributed by atoms with E-state index in [4.69, 9.17) is 0 Å². The summed E-state index contributed by atoms with van der Waals surface area (Å²) >= 11 is 0. The molecule has 0 rings (SSSR count). The minimum absolute atomic E-state index is 0. The molecule has 0 aliphatic rings. The quantitative estimate of drug-likeness (QED) is 0.393. The summed E-state index contributed by atoms with van der Waals surface area (Å²) in [6.07, 6.45) is 0. The Labute approximate surface area is 52.8 Å². The van der Waals surface area contributed by atoms with Crippen molar-refractivity contribution in [1.82, 2.24) is 0 Å². The molecule has 1 radical (unpaired) electrons. The van der Waals surface area contributed by atoms with Gasteiger partial charge in [-0.15, -0.1) is 0 Å². The molecule has 0 aromatic carbocycles. The maximum absolute atomic E-state index is 9.79. The van der Waals surface area contributed by atoms with Crippen LogP contribution in [0.5, 0.6) is 0 Å². The van der Waals surface area contributed by atoms with Gasteiger partial charge in [-0.2, -0.15) is 0 Å². The van der Waals surface area contributed by atoms with Gasteiger partial charge in [-0.05, 0) is 0 Å². The molecular weight excluding hydrogens is 144 g/mol. The zero-order valence-electron chi connectivity index (χ0n) is 4.12. The molecule has 3 heteroatoms. The second-order valence-corrected chi connectivity index (χ2v) is 1.11. The van der Waals surface area contributed by atoms with Gasteiger partial charge in [0, 0.05) is 30.9 Å². The first kappa shape index (κ1) is 9.97. The first-order chi connectivity index (χ1) is 2.64. The van der Waals surface area contributed by atoms with Crippen LogP contribution in [0.3, 0.4) is 0 Å². The van der Waals surface area contributed by atoms with Crippen molar-refractivity contribution in [1.29, 1.82) is 0 Å². The van der Waals surface area contributed by atoms with E-state index in [9.17, 15) is 9.59 Å². The Kier molecular flexibility index (Phi) is 5.74. The van der Waals surface area contributed by atoms with Gasteiger partial charge in [0.25, 0.3) is 0 Å². The molecule has 0 aliphatic carbocycles. The van der Waals surface area contributed by atoms with Crippen molar-refractivity contribution in [3.63, 3.8) is 0 Å². The predicted octanol–water partition coefficient (Wildman–Crippen LogP) is 0.162. The second kappa shape index (κ2) is 4.03. The van der Waals surface area contributed by atoms with Crippen molar-refractivity contribution < 1.29 is 26.7 Å². The van der Waals surface area contributed by atoms with Crippen LogP contribution in [-0.4, -0.2) is 11.6 Å². The average molecular weight is 150 g/mol. The smallest absolute Gasteiger partial charge is 0.195 e. The van der Waals surface area contributed by atoms with E-state index < -0.39 is 0 Å². The summed E-state index contributed by atoms with van der Waals surface area (Å²) in [5.41, 5.74) is 0. The van der Waals surface area contributed by atoms with Crippen LogP contribution < -0.4 is 0 Å². The monoisotopic (exact) mass is 149 g/mol. The Morgan fingerprint density at radius 2 is 1.14 bits per heavy atom. The molecule has 0 saturated heterocycles. The van der Waals surface area contributed by atoms with Crippen LogP contribution >= 0.6 is 0 Å². The van der Waals surface area contributed by atoms with Crippen molar-refractivity contribution in [2.45, 2.75) is 13.8 Å². The van der Waals surface area contributed by atoms with Crippen molar-refractivity contribution in [2.75, 3.05) is 0 Å². The summed E-state index contributed by atoms with van der Waals surface area (Å²) in [7, 11) is 0. The summed E-state index contributed by atoms with van der Waals surface area (Å²) in [6, 6.07) is 0. The van der Waals surface area contributed by atoms with Gasteiger partial charge in [-0.25, -0.2) is 0 Å². The number of carbonyl (C=O) groups is 2. The summed E-state index contributed by atoms with van der Waals surface area (Å²) in [6.45, 7) is 2.50. The molecule has 0 aliphatic heterocycles. The molecule has 0 N–H and O–H groups in total. The normalized spacial score (nSPS) is 6.57. The number of rotatable bonds is 1. The third kappa shape index (κ3) is 5.86. The molecule has 0 atom stereocenters. The van der Waals surface area contributed by atoms with Gasteiger partial charge in [0.2, 0.25) is 0 Å². The van der Waals surface area contributed by atoms with Crippen molar-refractivity contribution in [2.24, 2.45) is 0 Å². The minimum atomic E-state index is -0.380. The van der Waals surface area contributed by atoms with Gasteiger partial charge in [0.15, 0.2) is 11.6 Å². The third-order valence-corrected chi connectivity index (χ3v) is 0.496. The molecule has 45 valence electrons. The molecule has 7 heavy (non-hydrogen) atoms. The Morgan fingerprint density at radius 1 is 1.00 bits per heavy atom. The molecule has 2 nitrogen and oxygen atoms in total. The van der Waals surface area contributed by atoms with Crippen LogP contribution in [0.4, 0.5) is 0 Å². The molecule has 0 unspecified atom stereocenters. The largest absolute Gasteiger partial charge is 0.291 e. The van der Waals surface area contributed by atoms with Gasteiger partial charge < -0.3 is 0 Å². The number of carbonyl (C=O) groups excluding carboxylic acids is 2. The van der Waals surface area contributed by atoms with Gasteiger partial charge >= 0.3 is 0 Å². The number of ketones is 2. The molecular formula is C4H6CuO2. The fourth-order valence-electron chi connectivity index (χ4n) is 0. The van der Waals surface area contributed by atoms with Gasteiger partial charge in [-0.3, -0.25) is 9.59 Å². The van der Waals surface area contributed by atoms with E-state index in [1.54, 1.807) is 0 Å². The second-order valence-electron chi connectivity index (χ2n) is 1.11. The van der Waals surface area contributed by atoms with Crippen LogP contribution in [0.1, 0.15) is 13.8 Å². The van der Waals surface area contributed by atoms with E-state index in [0.717, 1.165) is 0 Å². The third-order valence-electron chi connectivity index (χ3n) is 0.496. The first-order valence-corrected chi connectivity index (χ1v) is 1.66. The standard InChI is InChI=1S/C4H6O2.Cu/c1-3(5)4(2)6;/h1-2H3;. The van der Waals surface area contributed by atoms with E-state index in [0.29, 0.717) is 0 Å². The molecule has 0 fully saturated rings. The summed E-state index contributed by atoms with van der Waals surface area (Å²) in [5, 5.41) is 0. The Balaban J connectivity index is 0. The van der Waals surface area contributed by atoms with Crippen LogP contribution in [0.2, 0.25) is 0 Å². The summed E-state index contributed by atoms with van der Waals surface area (Å²) in [4.78, 5) is 19.6. The topological polar surface area (TPSA) is 34.1 Å². The summed E-state index contributed by atoms with van der Waals surface area (Å²) < 4.78 is 0. The van der Waals surface area contributed by atoms with Crippen LogP contribution in [-0.2, 0) is 26.7 Å². The fraction of sp³-hybridized carbons (Fsp3) is 0.500. The Morgan fingerprint density at radius 3 is 1.14 bits per heavy atom. The number of hydrogen-bond acceptors (Lipinski definition) is 2. The molecule has 0 spiro atoms. The van der Waals surface area contributed by atoms with Crippen LogP contribution in [0.25, 0.3) is 0 Å². The number of Topliss-reactive ketones (excluding diaryl/α,β-unsaturated/α-hetero) is 2. The van der Waals surface area contributed by atoms with Crippen LogP contribution in [0.15, 0.2) is 0 Å². The zero-order valence-corrected chi connectivity index (χ0v) is 5.06. The van der Waals surface area contributed by atoms with E-state index in [2.05, 4.69) is 0 Å². The van der Waals surface area contributed by atoms with E-state index in [-0.39, 0.29) is 28.6 Å². The molecule has 0 bridgehead atoms. The first-order valence-electron chi connectivity index (χ1n) is 1.66. The number of hydrogen-bond donors (Lipinski definition) is 0. The van der Waals surface area contributed by atoms with Crippen molar-refractivity contribution in [3.05, 3.63) is 0 Å². The van der Waals surface area contributed by atoms with Crippen molar-refractivity contribution >= 4 is 11.6 Å². The zero-order chi connectivity index (χ0) is 5.15. The Bertz CT molecular complexity index is 75.7. The van der Waals surface area contributed by atoms with Gasteiger partial charge in [-0.1, -0.05) is 0 Å². The van der Waals surface area contributed by atoms with E-state index >= 15 is 0 Å². The SMILES string of the molecule is CC(=O)C(C)=O.[Cu]. The van der Waals surface area contributed by atoms with Gasteiger partial charge in [0.1, 0.15) is 0 Å². The molecule has 0 aromatic heterocycles. The van der Waals surface area contributed by atoms with Crippen molar-refractivity contribution in [3.8, 4) is 0 Å². The molecule has 0 saturated carbocycles. The Hall–Kier alpha value is -0.141. The average Bonchev–Trinajstić information content (AvgIpc) is 1.36. The van der Waals surface area contributed by atoms with E-state index in [1.807, 2.05) is 0 Å².